The van der Waals surface area contributed by atoms with E-state index in [1.165, 1.54) is 18.8 Å². The molecule has 0 fully saturated rings. The van der Waals surface area contributed by atoms with Gasteiger partial charge in [0.15, 0.2) is 5.17 Å². The molecule has 3 amide bonds. The second-order valence-electron chi connectivity index (χ2n) is 5.05. The molecule has 2 aromatic rings. The highest BCUT2D eigenvalue weighted by Crippen LogP contribution is 2.37. The number of anilines is 1. The smallest absolute Gasteiger partial charge is 0.321 e. The van der Waals surface area contributed by atoms with Gasteiger partial charge in [0.25, 0.3) is 0 Å². The van der Waals surface area contributed by atoms with Crippen LogP contribution in [0.2, 0.25) is 0 Å². The van der Waals surface area contributed by atoms with Crippen LogP contribution in [0.1, 0.15) is 6.92 Å². The maximum absolute atomic E-state index is 11.9. The lowest BCUT2D eigenvalue weighted by molar-refractivity contribution is -0.119. The largest absolute Gasteiger partial charge is 0.341 e. The van der Waals surface area contributed by atoms with Crippen LogP contribution < -0.4 is 16.0 Å². The molecule has 0 saturated heterocycles. The maximum Gasteiger partial charge on any atom is 0.321 e. The lowest BCUT2D eigenvalue weighted by Gasteiger charge is -2.20. The van der Waals surface area contributed by atoms with Crippen molar-refractivity contribution in [1.29, 1.82) is 0 Å². The predicted molar refractivity (Wildman–Crippen MR) is 94.3 cm³/mol. The number of urea groups is 1. The van der Waals surface area contributed by atoms with E-state index in [0.717, 1.165) is 22.1 Å². The number of hydrogen-bond acceptors (Lipinski definition) is 5. The van der Waals surface area contributed by atoms with Gasteiger partial charge in [-0.25, -0.2) is 9.79 Å². The Kier molecular flexibility index (Phi) is 4.20. The molecule has 0 radical (unpaired) electrons. The molecule has 23 heavy (non-hydrogen) atoms. The van der Waals surface area contributed by atoms with Crippen LogP contribution in [0.5, 0.6) is 0 Å². The van der Waals surface area contributed by atoms with E-state index >= 15 is 0 Å². The Bertz CT molecular complexity index is 814. The zero-order valence-electron chi connectivity index (χ0n) is 12.7. The van der Waals surface area contributed by atoms with Crippen molar-refractivity contribution in [3.63, 3.8) is 0 Å². The van der Waals surface area contributed by atoms with Crippen LogP contribution in [0.4, 0.5) is 16.2 Å². The Balaban J connectivity index is 1.80. The Morgan fingerprint density at radius 1 is 1.22 bits per heavy atom. The van der Waals surface area contributed by atoms with Crippen molar-refractivity contribution in [2.24, 2.45) is 4.99 Å². The van der Waals surface area contributed by atoms with Gasteiger partial charge in [0, 0.05) is 12.4 Å². The summed E-state index contributed by atoms with van der Waals surface area (Å²) in [7, 11) is 1.46. The van der Waals surface area contributed by atoms with E-state index in [-0.39, 0.29) is 5.91 Å². The van der Waals surface area contributed by atoms with Crippen LogP contribution in [0.3, 0.4) is 0 Å². The molecular weight excluding hydrogens is 312 g/mol. The van der Waals surface area contributed by atoms with Gasteiger partial charge in [-0.15, -0.1) is 0 Å². The number of aliphatic imine (C=N–C) groups is 1. The summed E-state index contributed by atoms with van der Waals surface area (Å²) in [5.41, 5.74) is 1.84. The van der Waals surface area contributed by atoms with Gasteiger partial charge in [0.05, 0.1) is 16.6 Å². The summed E-state index contributed by atoms with van der Waals surface area (Å²) in [6.45, 7) is 1.73. The molecule has 0 saturated carbocycles. The van der Waals surface area contributed by atoms with Gasteiger partial charge in [-0.2, -0.15) is 0 Å². The molecule has 0 spiro atoms. The molecule has 2 aromatic carbocycles. The standard InChI is InChI=1S/C16H16N4O2S/c1-9(14(21)20-15(22)17-2)23-16-18-11-7-3-5-10-6-4-8-12(19-16)13(10)11/h3-9H,1-2H3,(H,18,19)(H2,17,20,21,22)/t9-/m1/s1. The summed E-state index contributed by atoms with van der Waals surface area (Å²) in [6.07, 6.45) is 0. The lowest BCUT2D eigenvalue weighted by Crippen LogP contribution is -2.41. The average molecular weight is 328 g/mol. The minimum atomic E-state index is -0.517. The first-order chi connectivity index (χ1) is 11.1. The Hall–Kier alpha value is -2.54. The fourth-order valence-corrected chi connectivity index (χ4v) is 3.14. The Labute approximate surface area is 137 Å². The van der Waals surface area contributed by atoms with E-state index in [1.807, 2.05) is 36.4 Å². The summed E-state index contributed by atoms with van der Waals surface area (Å²) in [4.78, 5) is 27.7. The third-order valence-corrected chi connectivity index (χ3v) is 4.45. The maximum atomic E-state index is 11.9. The summed E-state index contributed by atoms with van der Waals surface area (Å²) in [6, 6.07) is 11.4. The van der Waals surface area contributed by atoms with E-state index in [4.69, 9.17) is 0 Å². The van der Waals surface area contributed by atoms with Crippen LogP contribution in [-0.4, -0.2) is 29.4 Å². The van der Waals surface area contributed by atoms with Gasteiger partial charge in [0.2, 0.25) is 5.91 Å². The van der Waals surface area contributed by atoms with Crippen LogP contribution >= 0.6 is 11.8 Å². The monoisotopic (exact) mass is 328 g/mol. The first-order valence-electron chi connectivity index (χ1n) is 7.15. The van der Waals surface area contributed by atoms with Gasteiger partial charge in [-0.3, -0.25) is 10.1 Å². The molecule has 1 aliphatic rings. The highest BCUT2D eigenvalue weighted by molar-refractivity contribution is 8.15. The van der Waals surface area contributed by atoms with E-state index in [9.17, 15) is 9.59 Å². The molecule has 0 bridgehead atoms. The summed E-state index contributed by atoms with van der Waals surface area (Å²) in [5.74, 6) is -0.365. The SMILES string of the molecule is CNC(=O)NC(=O)[C@@H](C)SC1=Nc2cccc3cccc(c23)N1. The van der Waals surface area contributed by atoms with Gasteiger partial charge in [-0.05, 0) is 24.4 Å². The fourth-order valence-electron chi connectivity index (χ4n) is 2.32. The summed E-state index contributed by atoms with van der Waals surface area (Å²) < 4.78 is 0. The van der Waals surface area contributed by atoms with Crippen molar-refractivity contribution in [2.45, 2.75) is 12.2 Å². The third-order valence-electron chi connectivity index (χ3n) is 3.47. The number of hydrogen-bond donors (Lipinski definition) is 3. The van der Waals surface area contributed by atoms with E-state index in [2.05, 4.69) is 20.9 Å². The van der Waals surface area contributed by atoms with Gasteiger partial charge >= 0.3 is 6.03 Å². The number of thioether (sulfide) groups is 1. The Morgan fingerprint density at radius 2 is 1.96 bits per heavy atom. The van der Waals surface area contributed by atoms with Crippen LogP contribution in [0.15, 0.2) is 41.4 Å². The van der Waals surface area contributed by atoms with Crippen molar-refractivity contribution in [3.8, 4) is 0 Å². The van der Waals surface area contributed by atoms with E-state index in [1.54, 1.807) is 6.92 Å². The van der Waals surface area contributed by atoms with Crippen molar-refractivity contribution < 1.29 is 9.59 Å². The van der Waals surface area contributed by atoms with Gasteiger partial charge in [-0.1, -0.05) is 36.0 Å². The first-order valence-corrected chi connectivity index (χ1v) is 8.03. The lowest BCUT2D eigenvalue weighted by atomic mass is 10.1. The molecule has 0 unspecified atom stereocenters. The topological polar surface area (TPSA) is 82.6 Å². The van der Waals surface area contributed by atoms with Crippen molar-refractivity contribution >= 4 is 51.0 Å². The number of carbonyl (C=O) groups excluding carboxylic acids is 2. The molecule has 1 aliphatic heterocycles. The minimum Gasteiger partial charge on any atom is -0.341 e. The highest BCUT2D eigenvalue weighted by Gasteiger charge is 2.21. The molecule has 3 N–H and O–H groups in total. The number of amidine groups is 1. The normalized spacial score (nSPS) is 13.7. The van der Waals surface area contributed by atoms with Crippen LogP contribution in [0, 0.1) is 0 Å². The third kappa shape index (κ3) is 3.14. The van der Waals surface area contributed by atoms with Crippen molar-refractivity contribution in [1.82, 2.24) is 10.6 Å². The molecule has 6 nitrogen and oxygen atoms in total. The number of imide groups is 1. The first kappa shape index (κ1) is 15.4. The molecule has 0 aromatic heterocycles. The fraction of sp³-hybridized carbons (Fsp3) is 0.188. The van der Waals surface area contributed by atoms with Crippen molar-refractivity contribution in [2.75, 3.05) is 12.4 Å². The molecule has 0 aliphatic carbocycles. The van der Waals surface area contributed by atoms with Crippen LogP contribution in [0.25, 0.3) is 10.8 Å². The predicted octanol–water partition coefficient (Wildman–Crippen LogP) is 2.83. The number of carbonyl (C=O) groups is 2. The van der Waals surface area contributed by atoms with E-state index < -0.39 is 11.3 Å². The quantitative estimate of drug-likeness (QED) is 0.792. The van der Waals surface area contributed by atoms with Gasteiger partial charge in [0.1, 0.15) is 0 Å². The second-order valence-corrected chi connectivity index (χ2v) is 6.38. The molecular formula is C16H16N4O2S. The number of nitrogens with one attached hydrogen (secondary N) is 3. The number of amides is 3. The van der Waals surface area contributed by atoms with E-state index in [0.29, 0.717) is 5.17 Å². The summed E-state index contributed by atoms with van der Waals surface area (Å²) >= 11 is 1.28. The second kappa shape index (κ2) is 6.29. The summed E-state index contributed by atoms with van der Waals surface area (Å²) in [5, 5.41) is 10.2. The molecule has 3 rings (SSSR count). The van der Waals surface area contributed by atoms with Crippen molar-refractivity contribution in [3.05, 3.63) is 36.4 Å². The molecule has 1 atom stereocenters. The van der Waals surface area contributed by atoms with Gasteiger partial charge < -0.3 is 10.6 Å². The average Bonchev–Trinajstić information content (AvgIpc) is 2.55. The molecule has 118 valence electrons. The zero-order valence-corrected chi connectivity index (χ0v) is 13.5. The molecule has 7 heteroatoms. The minimum absolute atomic E-state index is 0.365. The molecule has 1 heterocycles. The number of nitrogens with zero attached hydrogens (tertiary/aromatic N) is 1. The zero-order chi connectivity index (χ0) is 16.4. The van der Waals surface area contributed by atoms with Crippen LogP contribution in [-0.2, 0) is 4.79 Å². The Morgan fingerprint density at radius 3 is 2.70 bits per heavy atom. The highest BCUT2D eigenvalue weighted by atomic mass is 32.2. The number of rotatable bonds is 2. The number of benzene rings is 2.